The molecule has 18 heavy (non-hydrogen) atoms. The van der Waals surface area contributed by atoms with Crippen LogP contribution in [-0.4, -0.2) is 16.0 Å². The highest BCUT2D eigenvalue weighted by Gasteiger charge is 2.25. The summed E-state index contributed by atoms with van der Waals surface area (Å²) in [5, 5.41) is 7.28. The number of hydrogen-bond donors (Lipinski definition) is 2. The summed E-state index contributed by atoms with van der Waals surface area (Å²) in [5.41, 5.74) is 7.09. The summed E-state index contributed by atoms with van der Waals surface area (Å²) in [6.07, 6.45) is 0. The Kier molecular flexibility index (Phi) is 2.07. The van der Waals surface area contributed by atoms with Crippen LogP contribution in [0.15, 0.2) is 21.0 Å². The van der Waals surface area contributed by atoms with Crippen LogP contribution in [0.5, 0.6) is 0 Å². The third kappa shape index (κ3) is 1.35. The van der Waals surface area contributed by atoms with Crippen molar-refractivity contribution in [2.24, 2.45) is 0 Å². The van der Waals surface area contributed by atoms with E-state index < -0.39 is 0 Å². The van der Waals surface area contributed by atoms with Crippen molar-refractivity contribution in [1.29, 1.82) is 0 Å². The lowest BCUT2D eigenvalue weighted by atomic mass is 10.1. The van der Waals surface area contributed by atoms with E-state index in [4.69, 9.17) is 14.6 Å². The zero-order valence-corrected chi connectivity index (χ0v) is 9.90. The maximum absolute atomic E-state index is 12.3. The van der Waals surface area contributed by atoms with E-state index in [0.29, 0.717) is 22.4 Å². The highest BCUT2D eigenvalue weighted by Crippen LogP contribution is 2.31. The Bertz CT molecular complexity index is 748. The average Bonchev–Trinajstić information content (AvgIpc) is 2.97. The van der Waals surface area contributed by atoms with Crippen molar-refractivity contribution in [2.75, 3.05) is 5.73 Å². The molecule has 0 amide bonds. The minimum Gasteiger partial charge on any atom is -0.458 e. The molecule has 0 saturated carbocycles. The van der Waals surface area contributed by atoms with Crippen molar-refractivity contribution < 1.29 is 13.6 Å². The van der Waals surface area contributed by atoms with Gasteiger partial charge in [0.2, 0.25) is 17.4 Å². The Hall–Kier alpha value is -2.50. The average molecular weight is 245 g/mol. The second-order valence-electron chi connectivity index (χ2n) is 4.11. The second-order valence-corrected chi connectivity index (χ2v) is 4.11. The van der Waals surface area contributed by atoms with Crippen molar-refractivity contribution in [2.45, 2.75) is 13.8 Å². The third-order valence-electron chi connectivity index (χ3n) is 2.81. The number of nitrogens with two attached hydrogens (primary N) is 1. The van der Waals surface area contributed by atoms with Crippen LogP contribution in [-0.2, 0) is 0 Å². The first kappa shape index (κ1) is 10.6. The number of nitrogens with one attached hydrogen (secondary N) is 1. The van der Waals surface area contributed by atoms with Crippen LogP contribution in [0.4, 0.5) is 5.88 Å². The molecule has 0 bridgehead atoms. The molecule has 3 aromatic rings. The van der Waals surface area contributed by atoms with E-state index in [9.17, 15) is 4.79 Å². The molecule has 0 atom stereocenters. The van der Waals surface area contributed by atoms with Gasteiger partial charge >= 0.3 is 0 Å². The third-order valence-corrected chi connectivity index (χ3v) is 2.81. The zero-order chi connectivity index (χ0) is 12.9. The number of aromatic amines is 1. The number of aryl methyl sites for hydroxylation is 2. The second kappa shape index (κ2) is 3.49. The lowest BCUT2D eigenvalue weighted by Crippen LogP contribution is -2.02. The minimum atomic E-state index is -0.302. The molecule has 0 aromatic carbocycles. The Labute approximate surface area is 102 Å². The minimum absolute atomic E-state index is 0.0589. The van der Waals surface area contributed by atoms with Crippen LogP contribution in [0.1, 0.15) is 27.6 Å². The summed E-state index contributed by atoms with van der Waals surface area (Å²) in [4.78, 5) is 12.3. The summed E-state index contributed by atoms with van der Waals surface area (Å²) in [7, 11) is 0. The molecule has 3 aromatic heterocycles. The summed E-state index contributed by atoms with van der Waals surface area (Å²) in [5.74, 6) is 0.663. The van der Waals surface area contributed by atoms with Gasteiger partial charge in [-0.1, -0.05) is 0 Å². The molecule has 3 heterocycles. The van der Waals surface area contributed by atoms with Crippen LogP contribution in [0.2, 0.25) is 0 Å². The van der Waals surface area contributed by atoms with E-state index in [1.807, 2.05) is 0 Å². The molecule has 0 saturated heterocycles. The van der Waals surface area contributed by atoms with E-state index >= 15 is 0 Å². The smallest absolute Gasteiger partial charge is 0.248 e. The number of carbonyl (C=O) groups excluding carboxylic acids is 1. The highest BCUT2D eigenvalue weighted by molar-refractivity contribution is 6.17. The van der Waals surface area contributed by atoms with Gasteiger partial charge in [-0.15, -0.1) is 5.10 Å². The van der Waals surface area contributed by atoms with Crippen molar-refractivity contribution >= 4 is 22.8 Å². The fourth-order valence-electron chi connectivity index (χ4n) is 1.96. The van der Waals surface area contributed by atoms with E-state index in [-0.39, 0.29) is 17.4 Å². The van der Waals surface area contributed by atoms with Crippen molar-refractivity contribution in [1.82, 2.24) is 10.2 Å². The Morgan fingerprint density at radius 2 is 2.11 bits per heavy atom. The Morgan fingerprint density at radius 1 is 1.33 bits per heavy atom. The normalized spacial score (nSPS) is 11.2. The van der Waals surface area contributed by atoms with Gasteiger partial charge in [0.05, 0.1) is 5.39 Å². The maximum atomic E-state index is 12.3. The van der Waals surface area contributed by atoms with Crippen molar-refractivity contribution in [3.8, 4) is 0 Å². The molecule has 0 unspecified atom stereocenters. The van der Waals surface area contributed by atoms with Crippen LogP contribution in [0.25, 0.3) is 11.1 Å². The largest absolute Gasteiger partial charge is 0.458 e. The fourth-order valence-corrected chi connectivity index (χ4v) is 1.96. The van der Waals surface area contributed by atoms with Gasteiger partial charge in [0.15, 0.2) is 5.76 Å². The fraction of sp³-hybridized carbons (Fsp3) is 0.167. The van der Waals surface area contributed by atoms with Crippen LogP contribution in [0.3, 0.4) is 0 Å². The monoisotopic (exact) mass is 245 g/mol. The molecule has 3 N–H and O–H groups in total. The number of H-pyrrole nitrogens is 1. The van der Waals surface area contributed by atoms with Gasteiger partial charge in [0.25, 0.3) is 0 Å². The first-order valence-electron chi connectivity index (χ1n) is 5.42. The SMILES string of the molecule is Cc1ccc(C(=O)c2c(N)oc3n[nH]c(C)c23)o1. The van der Waals surface area contributed by atoms with Crippen LogP contribution < -0.4 is 5.73 Å². The first-order chi connectivity index (χ1) is 8.58. The number of carbonyl (C=O) groups is 1. The zero-order valence-electron chi connectivity index (χ0n) is 9.90. The molecule has 0 fully saturated rings. The molecule has 6 heteroatoms. The summed E-state index contributed by atoms with van der Waals surface area (Å²) >= 11 is 0. The van der Waals surface area contributed by atoms with Gasteiger partial charge in [0.1, 0.15) is 11.3 Å². The van der Waals surface area contributed by atoms with Crippen molar-refractivity contribution in [3.05, 3.63) is 34.9 Å². The number of ketones is 1. The highest BCUT2D eigenvalue weighted by atomic mass is 16.4. The molecule has 0 aliphatic rings. The predicted molar refractivity (Wildman–Crippen MR) is 64.4 cm³/mol. The van der Waals surface area contributed by atoms with E-state index in [0.717, 1.165) is 5.69 Å². The van der Waals surface area contributed by atoms with Gasteiger partial charge in [-0.3, -0.25) is 9.89 Å². The number of rotatable bonds is 2. The van der Waals surface area contributed by atoms with Gasteiger partial charge < -0.3 is 14.6 Å². The lowest BCUT2D eigenvalue weighted by Gasteiger charge is -1.96. The molecule has 6 nitrogen and oxygen atoms in total. The quantitative estimate of drug-likeness (QED) is 0.674. The number of nitrogens with zero attached hydrogens (tertiary/aromatic N) is 1. The van der Waals surface area contributed by atoms with Crippen molar-refractivity contribution in [3.63, 3.8) is 0 Å². The summed E-state index contributed by atoms with van der Waals surface area (Å²) < 4.78 is 10.6. The topological polar surface area (TPSA) is 98.0 Å². The predicted octanol–water partition coefficient (Wildman–Crippen LogP) is 2.18. The number of aromatic nitrogens is 2. The van der Waals surface area contributed by atoms with E-state index in [1.165, 1.54) is 0 Å². The molecule has 92 valence electrons. The molecule has 0 spiro atoms. The molecule has 0 aliphatic heterocycles. The molecule has 3 rings (SSSR count). The van der Waals surface area contributed by atoms with Gasteiger partial charge in [-0.05, 0) is 26.0 Å². The van der Waals surface area contributed by atoms with Crippen LogP contribution in [0, 0.1) is 13.8 Å². The summed E-state index contributed by atoms with van der Waals surface area (Å²) in [6, 6.07) is 3.34. The molecular weight excluding hydrogens is 234 g/mol. The van der Waals surface area contributed by atoms with E-state index in [2.05, 4.69) is 10.2 Å². The number of furan rings is 2. The molecular formula is C12H11N3O3. The Morgan fingerprint density at radius 3 is 2.78 bits per heavy atom. The molecule has 0 radical (unpaired) electrons. The van der Waals surface area contributed by atoms with Crippen LogP contribution >= 0.6 is 0 Å². The maximum Gasteiger partial charge on any atom is 0.248 e. The van der Waals surface area contributed by atoms with Gasteiger partial charge in [-0.25, -0.2) is 0 Å². The summed E-state index contributed by atoms with van der Waals surface area (Å²) in [6.45, 7) is 3.57. The Balaban J connectivity index is 2.22. The van der Waals surface area contributed by atoms with Gasteiger partial charge in [0, 0.05) is 5.69 Å². The number of hydrogen-bond acceptors (Lipinski definition) is 5. The van der Waals surface area contributed by atoms with E-state index in [1.54, 1.807) is 26.0 Å². The standard InChI is InChI=1S/C12H11N3O3/c1-5-3-4-7(17-5)10(16)9-8-6(2)14-15-12(8)18-11(9)13/h3-4H,13H2,1-2H3,(H,14,15). The number of anilines is 1. The molecule has 0 aliphatic carbocycles. The lowest BCUT2D eigenvalue weighted by molar-refractivity contribution is 0.101. The van der Waals surface area contributed by atoms with Gasteiger partial charge in [-0.2, -0.15) is 0 Å². The number of nitrogen functional groups attached to an aromatic ring is 1. The number of fused-ring (bicyclic) bond motifs is 1. The first-order valence-corrected chi connectivity index (χ1v) is 5.42.